The first kappa shape index (κ1) is 24.7. The van der Waals surface area contributed by atoms with Crippen molar-refractivity contribution in [2.24, 2.45) is 5.92 Å². The maximum absolute atomic E-state index is 13.0. The second kappa shape index (κ2) is 12.4. The summed E-state index contributed by atoms with van der Waals surface area (Å²) < 4.78 is 5.69. The molecule has 2 aromatic rings. The van der Waals surface area contributed by atoms with E-state index in [1.165, 1.54) is 0 Å². The van der Waals surface area contributed by atoms with Gasteiger partial charge in [-0.1, -0.05) is 55.3 Å². The lowest BCUT2D eigenvalue weighted by Crippen LogP contribution is -2.48. The van der Waals surface area contributed by atoms with Gasteiger partial charge in [0.2, 0.25) is 11.8 Å². The molecule has 0 spiro atoms. The molecular weight excluding hydrogens is 412 g/mol. The standard InChI is InChI=1S/C25H33ClN2O3/c1-18(2)16-27-25(30)20(4)28(17-21-9-7-19(3)8-10-21)24(29)6-5-15-31-23-13-11-22(26)12-14-23/h7-14,18,20H,5-6,15-17H2,1-4H3,(H,27,30)/t20-/m1/s1. The van der Waals surface area contributed by atoms with E-state index in [2.05, 4.69) is 5.32 Å². The lowest BCUT2D eigenvalue weighted by atomic mass is 10.1. The smallest absolute Gasteiger partial charge is 0.242 e. The van der Waals surface area contributed by atoms with E-state index in [-0.39, 0.29) is 11.8 Å². The molecule has 0 bridgehead atoms. The van der Waals surface area contributed by atoms with Gasteiger partial charge in [-0.2, -0.15) is 0 Å². The molecule has 168 valence electrons. The minimum absolute atomic E-state index is 0.0625. The van der Waals surface area contributed by atoms with Crippen LogP contribution in [-0.4, -0.2) is 35.9 Å². The molecule has 0 unspecified atom stereocenters. The largest absolute Gasteiger partial charge is 0.494 e. The fourth-order valence-corrected chi connectivity index (χ4v) is 3.14. The molecule has 31 heavy (non-hydrogen) atoms. The zero-order valence-corrected chi connectivity index (χ0v) is 19.6. The van der Waals surface area contributed by atoms with Gasteiger partial charge in [-0.3, -0.25) is 9.59 Å². The van der Waals surface area contributed by atoms with Gasteiger partial charge in [0.25, 0.3) is 0 Å². The second-order valence-corrected chi connectivity index (χ2v) is 8.66. The summed E-state index contributed by atoms with van der Waals surface area (Å²) in [5.74, 6) is 0.872. The topological polar surface area (TPSA) is 58.6 Å². The predicted octanol–water partition coefficient (Wildman–Crippen LogP) is 5.00. The van der Waals surface area contributed by atoms with Gasteiger partial charge in [0.15, 0.2) is 0 Å². The number of carbonyl (C=O) groups excluding carboxylic acids is 2. The van der Waals surface area contributed by atoms with Crippen molar-refractivity contribution >= 4 is 23.4 Å². The molecule has 0 saturated carbocycles. The molecule has 2 amide bonds. The van der Waals surface area contributed by atoms with Crippen LogP contribution in [0.1, 0.15) is 44.7 Å². The molecule has 6 heteroatoms. The van der Waals surface area contributed by atoms with E-state index < -0.39 is 6.04 Å². The Balaban J connectivity index is 1.97. The van der Waals surface area contributed by atoms with Crippen LogP contribution in [0.2, 0.25) is 5.02 Å². The van der Waals surface area contributed by atoms with Gasteiger partial charge >= 0.3 is 0 Å². The minimum atomic E-state index is -0.551. The summed E-state index contributed by atoms with van der Waals surface area (Å²) in [5, 5.41) is 3.59. The third kappa shape index (κ3) is 8.62. The molecule has 1 N–H and O–H groups in total. The molecule has 0 radical (unpaired) electrons. The van der Waals surface area contributed by atoms with Crippen LogP contribution in [0.25, 0.3) is 0 Å². The van der Waals surface area contributed by atoms with Gasteiger partial charge in [0.05, 0.1) is 6.61 Å². The fourth-order valence-electron chi connectivity index (χ4n) is 3.01. The van der Waals surface area contributed by atoms with E-state index in [0.29, 0.717) is 43.5 Å². The Bertz CT molecular complexity index is 835. The van der Waals surface area contributed by atoms with Gasteiger partial charge in [0, 0.05) is 24.5 Å². The Labute approximate surface area is 190 Å². The highest BCUT2D eigenvalue weighted by Gasteiger charge is 2.25. The number of amides is 2. The molecule has 0 aromatic heterocycles. The zero-order chi connectivity index (χ0) is 22.8. The highest BCUT2D eigenvalue weighted by atomic mass is 35.5. The molecule has 1 atom stereocenters. The van der Waals surface area contributed by atoms with Gasteiger partial charge in [-0.25, -0.2) is 0 Å². The number of ether oxygens (including phenoxy) is 1. The second-order valence-electron chi connectivity index (χ2n) is 8.23. The van der Waals surface area contributed by atoms with Gasteiger partial charge < -0.3 is 15.0 Å². The first-order valence-corrected chi connectivity index (χ1v) is 11.1. The number of hydrogen-bond acceptors (Lipinski definition) is 3. The van der Waals surface area contributed by atoms with Crippen molar-refractivity contribution in [2.75, 3.05) is 13.2 Å². The Morgan fingerprint density at radius 2 is 1.68 bits per heavy atom. The summed E-state index contributed by atoms with van der Waals surface area (Å²) in [5.41, 5.74) is 2.16. The van der Waals surface area contributed by atoms with Crippen LogP contribution < -0.4 is 10.1 Å². The molecule has 5 nitrogen and oxygen atoms in total. The molecule has 2 aromatic carbocycles. The zero-order valence-electron chi connectivity index (χ0n) is 18.9. The van der Waals surface area contributed by atoms with Crippen LogP contribution in [0.4, 0.5) is 0 Å². The van der Waals surface area contributed by atoms with Gasteiger partial charge in [-0.05, 0) is 56.0 Å². The lowest BCUT2D eigenvalue weighted by molar-refractivity contribution is -0.140. The third-order valence-electron chi connectivity index (χ3n) is 4.94. The third-order valence-corrected chi connectivity index (χ3v) is 5.19. The van der Waals surface area contributed by atoms with Crippen molar-refractivity contribution in [2.45, 2.75) is 53.1 Å². The average molecular weight is 445 g/mol. The predicted molar refractivity (Wildman–Crippen MR) is 125 cm³/mol. The number of nitrogens with zero attached hydrogens (tertiary/aromatic N) is 1. The summed E-state index contributed by atoms with van der Waals surface area (Å²) in [6.07, 6.45) is 0.868. The summed E-state index contributed by atoms with van der Waals surface area (Å²) in [7, 11) is 0. The van der Waals surface area contributed by atoms with E-state index in [0.717, 1.165) is 16.9 Å². The Morgan fingerprint density at radius 1 is 1.03 bits per heavy atom. The number of hydrogen-bond donors (Lipinski definition) is 1. The molecule has 0 fully saturated rings. The van der Waals surface area contributed by atoms with Crippen LogP contribution in [0.5, 0.6) is 5.75 Å². The molecule has 0 saturated heterocycles. The van der Waals surface area contributed by atoms with E-state index >= 15 is 0 Å². The normalized spacial score (nSPS) is 11.8. The number of halogens is 1. The Hall–Kier alpha value is -2.53. The fraction of sp³-hybridized carbons (Fsp3) is 0.440. The van der Waals surface area contributed by atoms with Crippen LogP contribution in [-0.2, 0) is 16.1 Å². The molecule has 0 aliphatic carbocycles. The van der Waals surface area contributed by atoms with E-state index in [4.69, 9.17) is 16.3 Å². The van der Waals surface area contributed by atoms with Gasteiger partial charge in [0.1, 0.15) is 11.8 Å². The minimum Gasteiger partial charge on any atom is -0.494 e. The van der Waals surface area contributed by atoms with Gasteiger partial charge in [-0.15, -0.1) is 0 Å². The highest BCUT2D eigenvalue weighted by Crippen LogP contribution is 2.17. The Morgan fingerprint density at radius 3 is 2.29 bits per heavy atom. The summed E-state index contributed by atoms with van der Waals surface area (Å²) in [6, 6.07) is 14.6. The van der Waals surface area contributed by atoms with Crippen molar-refractivity contribution in [3.8, 4) is 5.75 Å². The van der Waals surface area contributed by atoms with E-state index in [1.54, 1.807) is 36.1 Å². The van der Waals surface area contributed by atoms with E-state index in [1.807, 2.05) is 45.0 Å². The van der Waals surface area contributed by atoms with E-state index in [9.17, 15) is 9.59 Å². The van der Waals surface area contributed by atoms with Crippen LogP contribution in [0.15, 0.2) is 48.5 Å². The van der Waals surface area contributed by atoms with Crippen molar-refractivity contribution in [1.29, 1.82) is 0 Å². The van der Waals surface area contributed by atoms with Crippen molar-refractivity contribution < 1.29 is 14.3 Å². The number of nitrogens with one attached hydrogen (secondary N) is 1. The Kier molecular flexibility index (Phi) is 9.86. The first-order valence-electron chi connectivity index (χ1n) is 10.8. The SMILES string of the molecule is Cc1ccc(CN(C(=O)CCCOc2ccc(Cl)cc2)[C@H](C)C(=O)NCC(C)C)cc1. The molecular formula is C25H33ClN2O3. The quantitative estimate of drug-likeness (QED) is 0.496. The monoisotopic (exact) mass is 444 g/mol. The maximum Gasteiger partial charge on any atom is 0.242 e. The van der Waals surface area contributed by atoms with Crippen molar-refractivity contribution in [3.05, 3.63) is 64.7 Å². The van der Waals surface area contributed by atoms with Crippen LogP contribution in [0.3, 0.4) is 0 Å². The average Bonchev–Trinajstić information content (AvgIpc) is 2.75. The molecule has 0 aliphatic heterocycles. The summed E-state index contributed by atoms with van der Waals surface area (Å²) in [6.45, 7) is 9.29. The number of carbonyl (C=O) groups is 2. The molecule has 0 heterocycles. The van der Waals surface area contributed by atoms with Crippen LogP contribution in [0, 0.1) is 12.8 Å². The van der Waals surface area contributed by atoms with Crippen LogP contribution >= 0.6 is 11.6 Å². The number of rotatable bonds is 11. The first-order chi connectivity index (χ1) is 14.8. The highest BCUT2D eigenvalue weighted by molar-refractivity contribution is 6.30. The van der Waals surface area contributed by atoms with Crippen molar-refractivity contribution in [3.63, 3.8) is 0 Å². The molecule has 2 rings (SSSR count). The molecule has 0 aliphatic rings. The van der Waals surface area contributed by atoms with Crippen molar-refractivity contribution in [1.82, 2.24) is 10.2 Å². The summed E-state index contributed by atoms with van der Waals surface area (Å²) >= 11 is 5.88. The number of benzene rings is 2. The maximum atomic E-state index is 13.0. The number of aryl methyl sites for hydroxylation is 1. The lowest BCUT2D eigenvalue weighted by Gasteiger charge is -2.29. The summed E-state index contributed by atoms with van der Waals surface area (Å²) in [4.78, 5) is 27.3.